The second kappa shape index (κ2) is 7.03. The fourth-order valence-electron chi connectivity index (χ4n) is 2.04. The Balaban J connectivity index is 0.00000147. The van der Waals surface area contributed by atoms with Crippen LogP contribution in [0.2, 0.25) is 0 Å². The number of nitrogens with one attached hydrogen (secondary N) is 2. The molecular formula is C14H17IN4S. The van der Waals surface area contributed by atoms with Crippen molar-refractivity contribution in [3.63, 3.8) is 0 Å². The quantitative estimate of drug-likeness (QED) is 0.780. The van der Waals surface area contributed by atoms with Crippen LogP contribution >= 0.6 is 35.3 Å². The lowest BCUT2D eigenvalue weighted by Gasteiger charge is -2.10. The van der Waals surface area contributed by atoms with Crippen LogP contribution in [-0.4, -0.2) is 17.5 Å². The topological polar surface area (TPSA) is 49.3 Å². The summed E-state index contributed by atoms with van der Waals surface area (Å²) >= 11 is 1.68. The molecule has 0 amide bonds. The van der Waals surface area contributed by atoms with E-state index in [1.807, 2.05) is 25.1 Å². The van der Waals surface area contributed by atoms with Gasteiger partial charge in [-0.1, -0.05) is 30.3 Å². The van der Waals surface area contributed by atoms with Crippen LogP contribution in [0.25, 0.3) is 0 Å². The number of benzene rings is 1. The van der Waals surface area contributed by atoms with Crippen molar-refractivity contribution in [2.45, 2.75) is 19.5 Å². The molecule has 1 unspecified atom stereocenters. The van der Waals surface area contributed by atoms with E-state index in [0.29, 0.717) is 0 Å². The summed E-state index contributed by atoms with van der Waals surface area (Å²) in [6, 6.07) is 10.5. The molecule has 1 aromatic heterocycles. The highest BCUT2D eigenvalue weighted by molar-refractivity contribution is 14.0. The average Bonchev–Trinajstić information content (AvgIpc) is 3.06. The fourth-order valence-corrected chi connectivity index (χ4v) is 2.70. The van der Waals surface area contributed by atoms with Crippen LogP contribution in [-0.2, 0) is 6.54 Å². The lowest BCUT2D eigenvalue weighted by molar-refractivity contribution is 0.678. The lowest BCUT2D eigenvalue weighted by Crippen LogP contribution is -2.35. The zero-order valence-corrected chi connectivity index (χ0v) is 14.3. The first-order valence-corrected chi connectivity index (χ1v) is 7.20. The van der Waals surface area contributed by atoms with Crippen molar-refractivity contribution in [2.75, 3.05) is 6.54 Å². The number of thiazole rings is 1. The zero-order valence-electron chi connectivity index (χ0n) is 11.2. The molecule has 2 aromatic rings. The summed E-state index contributed by atoms with van der Waals surface area (Å²) < 4.78 is 0. The highest BCUT2D eigenvalue weighted by atomic mass is 127. The molecule has 1 aliphatic heterocycles. The first-order valence-electron chi connectivity index (χ1n) is 6.32. The van der Waals surface area contributed by atoms with Gasteiger partial charge in [0.2, 0.25) is 0 Å². The number of halogens is 1. The maximum atomic E-state index is 4.50. The van der Waals surface area contributed by atoms with Gasteiger partial charge in [0.05, 0.1) is 23.3 Å². The predicted octanol–water partition coefficient (Wildman–Crippen LogP) is 2.86. The third-order valence-corrected chi connectivity index (χ3v) is 3.83. The monoisotopic (exact) mass is 400 g/mol. The van der Waals surface area contributed by atoms with E-state index in [4.69, 9.17) is 0 Å². The molecule has 0 saturated heterocycles. The highest BCUT2D eigenvalue weighted by Crippen LogP contribution is 2.19. The van der Waals surface area contributed by atoms with Gasteiger partial charge in [0.25, 0.3) is 0 Å². The Hall–Kier alpha value is -1.15. The smallest absolute Gasteiger partial charge is 0.192 e. The summed E-state index contributed by atoms with van der Waals surface area (Å²) in [5, 5.41) is 9.89. The Morgan fingerprint density at radius 2 is 2.15 bits per heavy atom. The maximum Gasteiger partial charge on any atom is 0.192 e. The van der Waals surface area contributed by atoms with Gasteiger partial charge in [-0.25, -0.2) is 4.98 Å². The number of aliphatic imine (C=N–C) groups is 1. The Morgan fingerprint density at radius 1 is 1.35 bits per heavy atom. The third-order valence-electron chi connectivity index (χ3n) is 3.04. The first kappa shape index (κ1) is 15.2. The second-order valence-corrected chi connectivity index (χ2v) is 5.58. The molecule has 20 heavy (non-hydrogen) atoms. The van der Waals surface area contributed by atoms with E-state index in [1.54, 1.807) is 11.3 Å². The molecule has 106 valence electrons. The minimum atomic E-state index is 0. The van der Waals surface area contributed by atoms with Gasteiger partial charge in [-0.2, -0.15) is 0 Å². The number of hydrogen-bond donors (Lipinski definition) is 2. The van der Waals surface area contributed by atoms with Gasteiger partial charge >= 0.3 is 0 Å². The second-order valence-electron chi connectivity index (χ2n) is 4.52. The van der Waals surface area contributed by atoms with Crippen LogP contribution in [0.5, 0.6) is 0 Å². The number of rotatable bonds is 3. The Kier molecular flexibility index (Phi) is 5.36. The molecule has 3 rings (SSSR count). The minimum Gasteiger partial charge on any atom is -0.352 e. The Morgan fingerprint density at radius 3 is 2.85 bits per heavy atom. The Bertz CT molecular complexity index is 582. The average molecular weight is 400 g/mol. The molecule has 1 aliphatic rings. The largest absolute Gasteiger partial charge is 0.352 e. The molecule has 0 radical (unpaired) electrons. The number of hydrogen-bond acceptors (Lipinski definition) is 5. The summed E-state index contributed by atoms with van der Waals surface area (Å²) in [5.41, 5.74) is 2.34. The molecule has 2 N–H and O–H groups in total. The molecule has 0 spiro atoms. The molecular weight excluding hydrogens is 383 g/mol. The maximum absolute atomic E-state index is 4.50. The summed E-state index contributed by atoms with van der Waals surface area (Å²) in [7, 11) is 0. The van der Waals surface area contributed by atoms with E-state index in [1.165, 1.54) is 5.56 Å². The summed E-state index contributed by atoms with van der Waals surface area (Å²) in [4.78, 5) is 8.98. The van der Waals surface area contributed by atoms with Crippen LogP contribution < -0.4 is 10.6 Å². The lowest BCUT2D eigenvalue weighted by atomic mass is 10.2. The number of guanidine groups is 1. The molecule has 4 nitrogen and oxygen atoms in total. The molecule has 0 fully saturated rings. The van der Waals surface area contributed by atoms with Gasteiger partial charge in [0.15, 0.2) is 5.96 Å². The van der Waals surface area contributed by atoms with E-state index in [2.05, 4.69) is 38.1 Å². The van der Waals surface area contributed by atoms with Crippen LogP contribution in [0, 0.1) is 6.92 Å². The summed E-state index contributed by atoms with van der Waals surface area (Å²) in [6.07, 6.45) is 0. The van der Waals surface area contributed by atoms with Crippen LogP contribution in [0.3, 0.4) is 0 Å². The third kappa shape index (κ3) is 3.69. The predicted molar refractivity (Wildman–Crippen MR) is 93.7 cm³/mol. The number of aryl methyl sites for hydroxylation is 1. The molecule has 0 saturated carbocycles. The summed E-state index contributed by atoms with van der Waals surface area (Å²) in [5.74, 6) is 0.861. The number of nitrogens with zero attached hydrogens (tertiary/aromatic N) is 2. The van der Waals surface area contributed by atoms with Gasteiger partial charge in [0, 0.05) is 11.9 Å². The standard InChI is InChI=1S/C14H16N4S.HI/c1-10-17-13(9-19-10)12-8-16-14(18-12)15-7-11-5-3-2-4-6-11;/h2-6,9,12H,7-8H2,1H3,(H2,15,16,18);1H. The van der Waals surface area contributed by atoms with Crippen molar-refractivity contribution in [1.29, 1.82) is 0 Å². The van der Waals surface area contributed by atoms with Gasteiger partial charge in [0.1, 0.15) is 0 Å². The SMILES string of the molecule is Cc1nc(C2CN=C(NCc3ccccc3)N2)cs1.I. The van der Waals surface area contributed by atoms with E-state index in [0.717, 1.165) is 29.8 Å². The van der Waals surface area contributed by atoms with E-state index in [-0.39, 0.29) is 30.0 Å². The van der Waals surface area contributed by atoms with Crippen molar-refractivity contribution in [3.05, 3.63) is 52.0 Å². The molecule has 2 heterocycles. The fraction of sp³-hybridized carbons (Fsp3) is 0.286. The van der Waals surface area contributed by atoms with Crippen LogP contribution in [0.1, 0.15) is 22.3 Å². The Labute approximate surface area is 139 Å². The van der Waals surface area contributed by atoms with E-state index in [9.17, 15) is 0 Å². The van der Waals surface area contributed by atoms with Gasteiger partial charge in [-0.05, 0) is 12.5 Å². The first-order chi connectivity index (χ1) is 9.31. The summed E-state index contributed by atoms with van der Waals surface area (Å²) in [6.45, 7) is 3.56. The molecule has 0 bridgehead atoms. The van der Waals surface area contributed by atoms with E-state index < -0.39 is 0 Å². The van der Waals surface area contributed by atoms with Crippen molar-refractivity contribution in [2.24, 2.45) is 4.99 Å². The minimum absolute atomic E-state index is 0. The van der Waals surface area contributed by atoms with Crippen molar-refractivity contribution in [1.82, 2.24) is 15.6 Å². The van der Waals surface area contributed by atoms with Crippen molar-refractivity contribution in [3.8, 4) is 0 Å². The van der Waals surface area contributed by atoms with E-state index >= 15 is 0 Å². The molecule has 6 heteroatoms. The number of aromatic nitrogens is 1. The molecule has 1 aromatic carbocycles. The van der Waals surface area contributed by atoms with Crippen molar-refractivity contribution >= 4 is 41.3 Å². The molecule has 1 atom stereocenters. The molecule has 0 aliphatic carbocycles. The van der Waals surface area contributed by atoms with Gasteiger partial charge < -0.3 is 10.6 Å². The van der Waals surface area contributed by atoms with Crippen LogP contribution in [0.15, 0.2) is 40.7 Å². The zero-order chi connectivity index (χ0) is 13.1. The normalized spacial score (nSPS) is 17.1. The van der Waals surface area contributed by atoms with Gasteiger partial charge in [-0.3, -0.25) is 4.99 Å². The highest BCUT2D eigenvalue weighted by Gasteiger charge is 2.20. The van der Waals surface area contributed by atoms with Crippen molar-refractivity contribution < 1.29 is 0 Å². The van der Waals surface area contributed by atoms with Gasteiger partial charge in [-0.15, -0.1) is 35.3 Å². The van der Waals surface area contributed by atoms with Crippen LogP contribution in [0.4, 0.5) is 0 Å².